The van der Waals surface area contributed by atoms with Crippen molar-refractivity contribution in [3.05, 3.63) is 53.6 Å². The monoisotopic (exact) mass is 366 g/mol. The van der Waals surface area contributed by atoms with Gasteiger partial charge in [-0.15, -0.1) is 10.2 Å². The van der Waals surface area contributed by atoms with Crippen LogP contribution in [0.4, 0.5) is 0 Å². The third kappa shape index (κ3) is 2.94. The highest BCUT2D eigenvalue weighted by Crippen LogP contribution is 2.32. The molecule has 26 heavy (non-hydrogen) atoms. The molecule has 0 N–H and O–H groups in total. The van der Waals surface area contributed by atoms with Crippen LogP contribution in [0.3, 0.4) is 0 Å². The molecule has 2 heterocycles. The van der Waals surface area contributed by atoms with Crippen LogP contribution in [0.25, 0.3) is 11.4 Å². The topological polar surface area (TPSA) is 61.5 Å². The second kappa shape index (κ2) is 6.84. The first-order valence-electron chi connectivity index (χ1n) is 8.15. The minimum Gasteiger partial charge on any atom is -0.497 e. The lowest BCUT2D eigenvalue weighted by molar-refractivity contribution is 0.402. The molecule has 4 rings (SSSR count). The number of rotatable bonds is 4. The third-order valence-corrected chi connectivity index (χ3v) is 5.13. The number of hydrogen-bond acceptors (Lipinski definition) is 6. The smallest absolute Gasteiger partial charge is 0.212 e. The molecular weight excluding hydrogens is 348 g/mol. The van der Waals surface area contributed by atoms with Crippen molar-refractivity contribution in [2.75, 3.05) is 20.0 Å². The van der Waals surface area contributed by atoms with Gasteiger partial charge in [0.1, 0.15) is 11.5 Å². The van der Waals surface area contributed by atoms with Crippen LogP contribution in [0.15, 0.2) is 52.7 Å². The molecule has 1 aliphatic rings. The van der Waals surface area contributed by atoms with Crippen molar-refractivity contribution < 1.29 is 9.47 Å². The molecule has 0 saturated carbocycles. The van der Waals surface area contributed by atoms with Gasteiger partial charge in [0.2, 0.25) is 5.16 Å². The van der Waals surface area contributed by atoms with E-state index in [0.29, 0.717) is 5.75 Å². The van der Waals surface area contributed by atoms with Gasteiger partial charge < -0.3 is 9.47 Å². The van der Waals surface area contributed by atoms with Crippen LogP contribution < -0.4 is 9.47 Å². The Bertz CT molecular complexity index is 980. The van der Waals surface area contributed by atoms with E-state index in [2.05, 4.69) is 29.3 Å². The Kier molecular flexibility index (Phi) is 4.38. The van der Waals surface area contributed by atoms with Crippen molar-refractivity contribution >= 4 is 17.5 Å². The van der Waals surface area contributed by atoms with Crippen LogP contribution in [-0.2, 0) is 0 Å². The summed E-state index contributed by atoms with van der Waals surface area (Å²) >= 11 is 1.61. The standard InChI is InChI=1S/C19H18N4O2S/c1-12-4-6-13(7-5-12)18-20-21-19-23(18)22-16(11-26-19)15-10-14(24-2)8-9-17(15)25-3/h4-10H,11H2,1-3H3. The van der Waals surface area contributed by atoms with Gasteiger partial charge in [0.05, 0.1) is 19.9 Å². The first-order chi connectivity index (χ1) is 12.7. The number of nitrogens with zero attached hydrogens (tertiary/aromatic N) is 4. The Labute approximate surface area is 155 Å². The van der Waals surface area contributed by atoms with Gasteiger partial charge in [0.15, 0.2) is 5.82 Å². The number of aromatic nitrogens is 3. The second-order valence-electron chi connectivity index (χ2n) is 5.89. The van der Waals surface area contributed by atoms with Crippen LogP contribution in [0, 0.1) is 6.92 Å². The fraction of sp³-hybridized carbons (Fsp3) is 0.211. The fourth-order valence-corrected chi connectivity index (χ4v) is 3.61. The molecule has 0 bridgehead atoms. The molecule has 132 valence electrons. The molecule has 0 amide bonds. The lowest BCUT2D eigenvalue weighted by atomic mass is 10.1. The number of aryl methyl sites for hydroxylation is 1. The van der Waals surface area contributed by atoms with Crippen LogP contribution in [-0.4, -0.2) is 40.6 Å². The number of methoxy groups -OCH3 is 2. The summed E-state index contributed by atoms with van der Waals surface area (Å²) in [5.41, 5.74) is 3.99. The lowest BCUT2D eigenvalue weighted by Crippen LogP contribution is -2.15. The zero-order valence-electron chi connectivity index (χ0n) is 14.8. The average molecular weight is 366 g/mol. The van der Waals surface area contributed by atoms with E-state index >= 15 is 0 Å². The Morgan fingerprint density at radius 3 is 2.54 bits per heavy atom. The van der Waals surface area contributed by atoms with E-state index in [1.54, 1.807) is 30.7 Å². The quantitative estimate of drug-likeness (QED) is 0.706. The van der Waals surface area contributed by atoms with Gasteiger partial charge in [-0.25, -0.2) is 0 Å². The van der Waals surface area contributed by atoms with Crippen LogP contribution >= 0.6 is 11.8 Å². The van der Waals surface area contributed by atoms with E-state index in [9.17, 15) is 0 Å². The summed E-state index contributed by atoms with van der Waals surface area (Å²) in [4.78, 5) is 0. The van der Waals surface area contributed by atoms with Gasteiger partial charge in [-0.2, -0.15) is 9.78 Å². The fourth-order valence-electron chi connectivity index (χ4n) is 2.78. The summed E-state index contributed by atoms with van der Waals surface area (Å²) in [6, 6.07) is 13.9. The highest BCUT2D eigenvalue weighted by molar-refractivity contribution is 7.99. The summed E-state index contributed by atoms with van der Waals surface area (Å²) in [7, 11) is 3.31. The van der Waals surface area contributed by atoms with Gasteiger partial charge in [0, 0.05) is 16.9 Å². The Morgan fingerprint density at radius 1 is 1.00 bits per heavy atom. The third-order valence-electron chi connectivity index (χ3n) is 4.20. The molecule has 1 aromatic heterocycles. The van der Waals surface area contributed by atoms with Gasteiger partial charge in [-0.1, -0.05) is 41.6 Å². The predicted octanol–water partition coefficient (Wildman–Crippen LogP) is 3.63. The average Bonchev–Trinajstić information content (AvgIpc) is 3.11. The normalized spacial score (nSPS) is 13.1. The summed E-state index contributed by atoms with van der Waals surface area (Å²) in [6.07, 6.45) is 0. The number of benzene rings is 2. The Balaban J connectivity index is 1.81. The van der Waals surface area contributed by atoms with Crippen molar-refractivity contribution in [1.29, 1.82) is 0 Å². The number of fused-ring (bicyclic) bond motifs is 1. The van der Waals surface area contributed by atoms with E-state index < -0.39 is 0 Å². The first-order valence-corrected chi connectivity index (χ1v) is 9.13. The molecule has 2 aromatic carbocycles. The van der Waals surface area contributed by atoms with Crippen molar-refractivity contribution in [3.8, 4) is 22.9 Å². The largest absolute Gasteiger partial charge is 0.497 e. The predicted molar refractivity (Wildman–Crippen MR) is 102 cm³/mol. The van der Waals surface area contributed by atoms with Gasteiger partial charge in [0.25, 0.3) is 0 Å². The minimum atomic E-state index is 0.690. The van der Waals surface area contributed by atoms with Crippen molar-refractivity contribution in [2.24, 2.45) is 5.10 Å². The number of hydrogen-bond donors (Lipinski definition) is 0. The lowest BCUT2D eigenvalue weighted by Gasteiger charge is -2.16. The number of thioether (sulfide) groups is 1. The molecule has 0 radical (unpaired) electrons. The molecule has 0 unspecified atom stereocenters. The molecule has 0 fully saturated rings. The molecule has 6 nitrogen and oxygen atoms in total. The van der Waals surface area contributed by atoms with Gasteiger partial charge >= 0.3 is 0 Å². The van der Waals surface area contributed by atoms with E-state index in [0.717, 1.165) is 39.3 Å². The maximum absolute atomic E-state index is 5.51. The first kappa shape index (κ1) is 16.7. The number of ether oxygens (including phenoxy) is 2. The maximum atomic E-state index is 5.51. The van der Waals surface area contributed by atoms with Crippen LogP contribution in [0.5, 0.6) is 11.5 Å². The molecular formula is C19H18N4O2S. The highest BCUT2D eigenvalue weighted by atomic mass is 32.2. The summed E-state index contributed by atoms with van der Waals surface area (Å²) in [5, 5.41) is 14.2. The molecule has 0 atom stereocenters. The minimum absolute atomic E-state index is 0.690. The Hall–Kier alpha value is -2.80. The molecule has 7 heteroatoms. The molecule has 0 spiro atoms. The summed E-state index contributed by atoms with van der Waals surface area (Å²) < 4.78 is 12.7. The maximum Gasteiger partial charge on any atom is 0.212 e. The van der Waals surface area contributed by atoms with Crippen molar-refractivity contribution in [1.82, 2.24) is 14.9 Å². The highest BCUT2D eigenvalue weighted by Gasteiger charge is 2.22. The zero-order valence-corrected chi connectivity index (χ0v) is 15.6. The van der Waals surface area contributed by atoms with Gasteiger partial charge in [-0.3, -0.25) is 0 Å². The van der Waals surface area contributed by atoms with Gasteiger partial charge in [-0.05, 0) is 25.1 Å². The van der Waals surface area contributed by atoms with Crippen molar-refractivity contribution in [2.45, 2.75) is 12.1 Å². The summed E-state index contributed by atoms with van der Waals surface area (Å²) in [6.45, 7) is 2.06. The zero-order chi connectivity index (χ0) is 18.1. The SMILES string of the molecule is COc1ccc(OC)c(C2=Nn3c(nnc3-c3ccc(C)cc3)SC2)c1. The van der Waals surface area contributed by atoms with Crippen LogP contribution in [0.2, 0.25) is 0 Å². The molecule has 1 aliphatic heterocycles. The van der Waals surface area contributed by atoms with E-state index in [4.69, 9.17) is 14.6 Å². The molecule has 0 saturated heterocycles. The van der Waals surface area contributed by atoms with E-state index in [1.807, 2.05) is 30.3 Å². The van der Waals surface area contributed by atoms with E-state index in [-0.39, 0.29) is 0 Å². The molecule has 3 aromatic rings. The Morgan fingerprint density at radius 2 is 1.81 bits per heavy atom. The van der Waals surface area contributed by atoms with E-state index in [1.165, 1.54) is 5.56 Å². The van der Waals surface area contributed by atoms with Crippen LogP contribution in [0.1, 0.15) is 11.1 Å². The molecule has 0 aliphatic carbocycles. The second-order valence-corrected chi connectivity index (χ2v) is 6.83. The van der Waals surface area contributed by atoms with Crippen molar-refractivity contribution in [3.63, 3.8) is 0 Å². The summed E-state index contributed by atoms with van der Waals surface area (Å²) in [5.74, 6) is 2.95.